The van der Waals surface area contributed by atoms with Crippen LogP contribution < -0.4 is 0 Å². The lowest BCUT2D eigenvalue weighted by atomic mass is 9.75. The van der Waals surface area contributed by atoms with E-state index in [-0.39, 0.29) is 5.41 Å². The fourth-order valence-electron chi connectivity index (χ4n) is 2.43. The van der Waals surface area contributed by atoms with Crippen LogP contribution in [-0.2, 0) is 4.79 Å². The third-order valence-electron chi connectivity index (χ3n) is 3.52. The van der Waals surface area contributed by atoms with Crippen molar-refractivity contribution in [1.29, 1.82) is 0 Å². The Morgan fingerprint density at radius 3 is 2.80 bits per heavy atom. The Morgan fingerprint density at radius 2 is 2.20 bits per heavy atom. The zero-order chi connectivity index (χ0) is 11.3. The molecule has 2 heteroatoms. The summed E-state index contributed by atoms with van der Waals surface area (Å²) < 4.78 is 0.912. The van der Waals surface area contributed by atoms with E-state index in [4.69, 9.17) is 0 Å². The Bertz CT molecular complexity index is 247. The minimum atomic E-state index is -0.244. The van der Waals surface area contributed by atoms with Gasteiger partial charge in [-0.1, -0.05) is 55.1 Å². The first kappa shape index (κ1) is 13.0. The van der Waals surface area contributed by atoms with Crippen molar-refractivity contribution in [3.05, 3.63) is 11.1 Å². The highest BCUT2D eigenvalue weighted by molar-refractivity contribution is 9.11. The summed E-state index contributed by atoms with van der Waals surface area (Å²) in [6, 6.07) is 0. The number of rotatable bonds is 4. The minimum Gasteiger partial charge on any atom is -0.299 e. The molecule has 1 rings (SSSR count). The average Bonchev–Trinajstić information content (AvgIpc) is 2.38. The molecule has 15 heavy (non-hydrogen) atoms. The number of Topliss-reactive ketones (excluding diaryl/α,β-unsaturated/α-hetero) is 1. The van der Waals surface area contributed by atoms with Crippen molar-refractivity contribution in [3.8, 4) is 0 Å². The summed E-state index contributed by atoms with van der Waals surface area (Å²) in [4.78, 5) is 12.2. The Kier molecular flexibility index (Phi) is 5.04. The number of hydrogen-bond acceptors (Lipinski definition) is 1. The van der Waals surface area contributed by atoms with Crippen LogP contribution in [0.5, 0.6) is 0 Å². The molecule has 0 radical (unpaired) electrons. The second kappa shape index (κ2) is 5.83. The Labute approximate surface area is 101 Å². The topological polar surface area (TPSA) is 17.1 Å². The molecule has 0 N–H and O–H groups in total. The van der Waals surface area contributed by atoms with Gasteiger partial charge in [0.2, 0.25) is 0 Å². The molecule has 1 saturated carbocycles. The van der Waals surface area contributed by atoms with E-state index in [1.54, 1.807) is 0 Å². The summed E-state index contributed by atoms with van der Waals surface area (Å²) in [5.41, 5.74) is -0.244. The molecule has 0 heterocycles. The lowest BCUT2D eigenvalue weighted by molar-refractivity contribution is -0.126. The Morgan fingerprint density at radius 1 is 1.47 bits per heavy atom. The molecular formula is C13H21BrO. The largest absolute Gasteiger partial charge is 0.299 e. The van der Waals surface area contributed by atoms with E-state index < -0.39 is 0 Å². The van der Waals surface area contributed by atoms with Crippen molar-refractivity contribution in [1.82, 2.24) is 0 Å². The SMILES string of the molecule is C=C(Br)C1(CCCC)CCCCCC1=O. The second-order valence-corrected chi connectivity index (χ2v) is 5.53. The number of carbonyl (C=O) groups excluding carboxylic acids is 1. The molecule has 0 aromatic heterocycles. The van der Waals surface area contributed by atoms with Crippen molar-refractivity contribution in [2.75, 3.05) is 0 Å². The second-order valence-electron chi connectivity index (χ2n) is 4.57. The number of halogens is 1. The van der Waals surface area contributed by atoms with E-state index in [1.165, 1.54) is 12.8 Å². The van der Waals surface area contributed by atoms with Crippen molar-refractivity contribution in [3.63, 3.8) is 0 Å². The van der Waals surface area contributed by atoms with E-state index in [9.17, 15) is 4.79 Å². The van der Waals surface area contributed by atoms with Crippen molar-refractivity contribution in [2.45, 2.75) is 58.3 Å². The first-order chi connectivity index (χ1) is 7.13. The first-order valence-corrected chi connectivity index (χ1v) is 6.81. The Hall–Kier alpha value is -0.110. The van der Waals surface area contributed by atoms with E-state index in [1.807, 2.05) is 0 Å². The van der Waals surface area contributed by atoms with Crippen molar-refractivity contribution >= 4 is 21.7 Å². The van der Waals surface area contributed by atoms with Crippen LogP contribution in [0.25, 0.3) is 0 Å². The van der Waals surface area contributed by atoms with Gasteiger partial charge in [-0.2, -0.15) is 0 Å². The summed E-state index contributed by atoms with van der Waals surface area (Å²) >= 11 is 3.48. The minimum absolute atomic E-state index is 0.244. The van der Waals surface area contributed by atoms with Gasteiger partial charge in [-0.3, -0.25) is 4.79 Å². The van der Waals surface area contributed by atoms with Gasteiger partial charge in [0.25, 0.3) is 0 Å². The molecule has 0 amide bonds. The van der Waals surface area contributed by atoms with Crippen LogP contribution in [0.1, 0.15) is 58.3 Å². The zero-order valence-electron chi connectivity index (χ0n) is 9.65. The molecule has 1 fully saturated rings. The molecule has 1 aliphatic carbocycles. The molecule has 86 valence electrons. The lowest BCUT2D eigenvalue weighted by Crippen LogP contribution is -2.30. The summed E-state index contributed by atoms with van der Waals surface area (Å²) in [6.07, 6.45) is 8.41. The molecule has 0 aromatic carbocycles. The molecule has 0 spiro atoms. The molecule has 0 aromatic rings. The maximum atomic E-state index is 12.2. The first-order valence-electron chi connectivity index (χ1n) is 6.01. The van der Waals surface area contributed by atoms with Gasteiger partial charge in [-0.15, -0.1) is 0 Å². The van der Waals surface area contributed by atoms with Crippen LogP contribution in [0, 0.1) is 5.41 Å². The summed E-state index contributed by atoms with van der Waals surface area (Å²) in [5.74, 6) is 0.412. The van der Waals surface area contributed by atoms with Crippen LogP contribution in [0.3, 0.4) is 0 Å². The van der Waals surface area contributed by atoms with Crippen LogP contribution in [0.4, 0.5) is 0 Å². The molecule has 0 aliphatic heterocycles. The monoisotopic (exact) mass is 272 g/mol. The van der Waals surface area contributed by atoms with Crippen LogP contribution in [-0.4, -0.2) is 5.78 Å². The average molecular weight is 273 g/mol. The van der Waals surface area contributed by atoms with E-state index in [0.29, 0.717) is 5.78 Å². The summed E-state index contributed by atoms with van der Waals surface area (Å²) in [7, 11) is 0. The molecular weight excluding hydrogens is 252 g/mol. The fourth-order valence-corrected chi connectivity index (χ4v) is 3.05. The normalized spacial score (nSPS) is 27.5. The van der Waals surface area contributed by atoms with Crippen LogP contribution in [0.15, 0.2) is 11.1 Å². The summed E-state index contributed by atoms with van der Waals surface area (Å²) in [5, 5.41) is 0. The van der Waals surface area contributed by atoms with E-state index >= 15 is 0 Å². The third-order valence-corrected chi connectivity index (χ3v) is 4.28. The molecule has 0 bridgehead atoms. The molecule has 0 saturated heterocycles. The highest BCUT2D eigenvalue weighted by atomic mass is 79.9. The lowest BCUT2D eigenvalue weighted by Gasteiger charge is -2.30. The van der Waals surface area contributed by atoms with Gasteiger partial charge in [0.15, 0.2) is 0 Å². The van der Waals surface area contributed by atoms with Crippen LogP contribution in [0.2, 0.25) is 0 Å². The standard InChI is InChI=1S/C13H21BrO/c1-3-4-9-13(11(2)14)10-7-5-6-8-12(13)15/h2-10H2,1H3. The molecule has 1 nitrogen and oxygen atoms in total. The number of carbonyl (C=O) groups is 1. The summed E-state index contributed by atoms with van der Waals surface area (Å²) in [6.45, 7) is 6.16. The highest BCUT2D eigenvalue weighted by Crippen LogP contribution is 2.44. The number of ketones is 1. The third kappa shape index (κ3) is 2.93. The molecule has 1 unspecified atom stereocenters. The quantitative estimate of drug-likeness (QED) is 0.684. The van der Waals surface area contributed by atoms with Gasteiger partial charge in [0.05, 0.1) is 5.41 Å². The Balaban J connectivity index is 2.84. The van der Waals surface area contributed by atoms with Gasteiger partial charge < -0.3 is 0 Å². The molecule has 1 aliphatic rings. The zero-order valence-corrected chi connectivity index (χ0v) is 11.2. The van der Waals surface area contributed by atoms with Gasteiger partial charge in [-0.05, 0) is 19.3 Å². The molecule has 1 atom stereocenters. The van der Waals surface area contributed by atoms with Crippen LogP contribution >= 0.6 is 15.9 Å². The van der Waals surface area contributed by atoms with E-state index in [0.717, 1.165) is 43.0 Å². The smallest absolute Gasteiger partial charge is 0.143 e. The van der Waals surface area contributed by atoms with E-state index in [2.05, 4.69) is 29.4 Å². The predicted octanol–water partition coefficient (Wildman–Crippen LogP) is 4.60. The van der Waals surface area contributed by atoms with Gasteiger partial charge >= 0.3 is 0 Å². The predicted molar refractivity (Wildman–Crippen MR) is 68.1 cm³/mol. The van der Waals surface area contributed by atoms with Crippen molar-refractivity contribution < 1.29 is 4.79 Å². The van der Waals surface area contributed by atoms with Crippen molar-refractivity contribution in [2.24, 2.45) is 5.41 Å². The van der Waals surface area contributed by atoms with Gasteiger partial charge in [0.1, 0.15) is 5.78 Å². The maximum absolute atomic E-state index is 12.2. The number of allylic oxidation sites excluding steroid dienone is 1. The fraction of sp³-hybridized carbons (Fsp3) is 0.769. The maximum Gasteiger partial charge on any atom is 0.143 e. The highest BCUT2D eigenvalue weighted by Gasteiger charge is 2.39. The van der Waals surface area contributed by atoms with Gasteiger partial charge in [0, 0.05) is 10.9 Å². The van der Waals surface area contributed by atoms with Gasteiger partial charge in [-0.25, -0.2) is 0 Å². The number of unbranched alkanes of at least 4 members (excludes halogenated alkanes) is 1. The number of hydrogen-bond donors (Lipinski definition) is 0.